The predicted octanol–water partition coefficient (Wildman–Crippen LogP) is 3.26. The van der Waals surface area contributed by atoms with Crippen LogP contribution < -0.4 is 0 Å². The highest BCUT2D eigenvalue weighted by atomic mass is 35.5. The van der Waals surface area contributed by atoms with Gasteiger partial charge in [0.25, 0.3) is 0 Å². The van der Waals surface area contributed by atoms with Crippen LogP contribution >= 0.6 is 11.6 Å². The van der Waals surface area contributed by atoms with Gasteiger partial charge in [-0.3, -0.25) is 4.98 Å². The molecule has 0 amide bonds. The fraction of sp³-hybridized carbons (Fsp3) is 0.267. The van der Waals surface area contributed by atoms with Gasteiger partial charge in [-0.25, -0.2) is 8.42 Å². The maximum Gasteiger partial charge on any atom is 0.243 e. The van der Waals surface area contributed by atoms with E-state index in [1.165, 1.54) is 0 Å². The van der Waals surface area contributed by atoms with Gasteiger partial charge in [0, 0.05) is 24.0 Å². The summed E-state index contributed by atoms with van der Waals surface area (Å²) in [4.78, 5) is 4.27. The summed E-state index contributed by atoms with van der Waals surface area (Å²) in [6.45, 7) is 0.540. The first-order valence-electron chi connectivity index (χ1n) is 6.76. The number of benzene rings is 1. The maximum atomic E-state index is 12.8. The molecule has 1 saturated heterocycles. The van der Waals surface area contributed by atoms with Crippen LogP contribution in [0.1, 0.15) is 24.4 Å². The molecule has 2 aromatic rings. The van der Waals surface area contributed by atoms with E-state index in [1.807, 2.05) is 12.1 Å². The molecule has 1 aliphatic heterocycles. The second-order valence-corrected chi connectivity index (χ2v) is 7.34. The third kappa shape index (κ3) is 2.81. The molecule has 1 fully saturated rings. The van der Waals surface area contributed by atoms with Gasteiger partial charge in [0.1, 0.15) is 0 Å². The Bertz CT molecular complexity index is 717. The molecule has 4 nitrogen and oxygen atoms in total. The lowest BCUT2D eigenvalue weighted by Gasteiger charge is -2.24. The number of halogens is 1. The van der Waals surface area contributed by atoms with E-state index in [4.69, 9.17) is 11.6 Å². The Hall–Kier alpha value is -1.43. The molecule has 1 aromatic carbocycles. The first-order valence-corrected chi connectivity index (χ1v) is 8.58. The van der Waals surface area contributed by atoms with Gasteiger partial charge in [0.05, 0.1) is 10.9 Å². The smallest absolute Gasteiger partial charge is 0.243 e. The van der Waals surface area contributed by atoms with E-state index >= 15 is 0 Å². The summed E-state index contributed by atoms with van der Waals surface area (Å²) < 4.78 is 27.2. The van der Waals surface area contributed by atoms with Crippen molar-refractivity contribution in [1.29, 1.82) is 0 Å². The Morgan fingerprint density at radius 2 is 1.76 bits per heavy atom. The number of rotatable bonds is 3. The lowest BCUT2D eigenvalue weighted by molar-refractivity contribution is 0.396. The highest BCUT2D eigenvalue weighted by Gasteiger charge is 2.35. The number of hydrogen-bond acceptors (Lipinski definition) is 3. The second-order valence-electron chi connectivity index (χ2n) is 5.01. The average Bonchev–Trinajstić information content (AvgIpc) is 2.99. The number of aromatic nitrogens is 1. The minimum Gasteiger partial charge on any atom is -0.265 e. The number of hydrogen-bond donors (Lipinski definition) is 0. The number of nitrogens with zero attached hydrogens (tertiary/aromatic N) is 2. The van der Waals surface area contributed by atoms with Crippen LogP contribution in [0.5, 0.6) is 0 Å². The van der Waals surface area contributed by atoms with Crippen molar-refractivity contribution in [2.75, 3.05) is 6.54 Å². The normalized spacial score (nSPS) is 19.8. The number of pyridine rings is 1. The zero-order chi connectivity index (χ0) is 14.9. The van der Waals surface area contributed by atoms with E-state index in [-0.39, 0.29) is 10.9 Å². The Balaban J connectivity index is 1.96. The van der Waals surface area contributed by atoms with Crippen LogP contribution in [0.2, 0.25) is 5.02 Å². The third-order valence-electron chi connectivity index (χ3n) is 3.71. The van der Waals surface area contributed by atoms with Gasteiger partial charge < -0.3 is 0 Å². The van der Waals surface area contributed by atoms with E-state index in [1.54, 1.807) is 41.0 Å². The lowest BCUT2D eigenvalue weighted by Crippen LogP contribution is -2.30. The Kier molecular flexibility index (Phi) is 3.97. The molecule has 3 rings (SSSR count). The molecule has 0 bridgehead atoms. The Morgan fingerprint density at radius 3 is 2.43 bits per heavy atom. The van der Waals surface area contributed by atoms with Crippen LogP contribution in [-0.4, -0.2) is 24.3 Å². The SMILES string of the molecule is O=S(=O)(c1ccc(Cl)cc1)N1CCC[C@H]1c1ccncc1. The topological polar surface area (TPSA) is 50.3 Å². The van der Waals surface area contributed by atoms with Crippen molar-refractivity contribution in [2.24, 2.45) is 0 Å². The highest BCUT2D eigenvalue weighted by Crippen LogP contribution is 2.36. The second kappa shape index (κ2) is 5.75. The van der Waals surface area contributed by atoms with Crippen LogP contribution in [0.3, 0.4) is 0 Å². The molecule has 0 spiro atoms. The molecular formula is C15H15ClN2O2S. The van der Waals surface area contributed by atoms with Crippen molar-refractivity contribution in [2.45, 2.75) is 23.8 Å². The molecule has 0 radical (unpaired) electrons. The largest absolute Gasteiger partial charge is 0.265 e. The van der Waals surface area contributed by atoms with Crippen molar-refractivity contribution >= 4 is 21.6 Å². The van der Waals surface area contributed by atoms with Gasteiger partial charge in [0.2, 0.25) is 10.0 Å². The minimum absolute atomic E-state index is 0.117. The van der Waals surface area contributed by atoms with Crippen molar-refractivity contribution < 1.29 is 8.42 Å². The van der Waals surface area contributed by atoms with Gasteiger partial charge in [0.15, 0.2) is 0 Å². The summed E-state index contributed by atoms with van der Waals surface area (Å²) in [5.74, 6) is 0. The molecule has 0 saturated carbocycles. The zero-order valence-electron chi connectivity index (χ0n) is 11.3. The van der Waals surface area contributed by atoms with Gasteiger partial charge in [-0.1, -0.05) is 11.6 Å². The van der Waals surface area contributed by atoms with Crippen LogP contribution in [0.15, 0.2) is 53.7 Å². The van der Waals surface area contributed by atoms with E-state index in [2.05, 4.69) is 4.98 Å². The summed E-state index contributed by atoms with van der Waals surface area (Å²) in [5, 5.41) is 0.529. The fourth-order valence-electron chi connectivity index (χ4n) is 2.69. The van der Waals surface area contributed by atoms with Gasteiger partial charge in [-0.15, -0.1) is 0 Å². The molecule has 0 unspecified atom stereocenters. The third-order valence-corrected chi connectivity index (χ3v) is 5.89. The van der Waals surface area contributed by atoms with Crippen LogP contribution in [0.4, 0.5) is 0 Å². The predicted molar refractivity (Wildman–Crippen MR) is 81.6 cm³/mol. The highest BCUT2D eigenvalue weighted by molar-refractivity contribution is 7.89. The molecule has 1 atom stereocenters. The maximum absolute atomic E-state index is 12.8. The Morgan fingerprint density at radius 1 is 1.10 bits per heavy atom. The molecule has 0 N–H and O–H groups in total. The molecule has 1 aromatic heterocycles. The van der Waals surface area contributed by atoms with Crippen molar-refractivity contribution in [3.63, 3.8) is 0 Å². The van der Waals surface area contributed by atoms with Crippen molar-refractivity contribution in [1.82, 2.24) is 9.29 Å². The van der Waals surface area contributed by atoms with E-state index in [9.17, 15) is 8.42 Å². The molecule has 6 heteroatoms. The van der Waals surface area contributed by atoms with Gasteiger partial charge in [-0.05, 0) is 54.8 Å². The summed E-state index contributed by atoms with van der Waals surface area (Å²) in [6, 6.07) is 9.95. The van der Waals surface area contributed by atoms with Crippen molar-refractivity contribution in [3.05, 3.63) is 59.4 Å². The minimum atomic E-state index is -3.50. The first kappa shape index (κ1) is 14.5. The van der Waals surface area contributed by atoms with Crippen LogP contribution in [-0.2, 0) is 10.0 Å². The fourth-order valence-corrected chi connectivity index (χ4v) is 4.50. The lowest BCUT2D eigenvalue weighted by atomic mass is 10.1. The monoisotopic (exact) mass is 322 g/mol. The Labute approximate surface area is 129 Å². The van der Waals surface area contributed by atoms with Crippen molar-refractivity contribution in [3.8, 4) is 0 Å². The van der Waals surface area contributed by atoms with E-state index in [0.29, 0.717) is 11.6 Å². The first-order chi connectivity index (χ1) is 10.1. The zero-order valence-corrected chi connectivity index (χ0v) is 12.9. The van der Waals surface area contributed by atoms with E-state index < -0.39 is 10.0 Å². The molecule has 1 aliphatic rings. The molecular weight excluding hydrogens is 308 g/mol. The quantitative estimate of drug-likeness (QED) is 0.871. The van der Waals surface area contributed by atoms with Gasteiger partial charge >= 0.3 is 0 Å². The summed E-state index contributed by atoms with van der Waals surface area (Å²) >= 11 is 5.83. The molecule has 110 valence electrons. The number of sulfonamides is 1. The molecule has 2 heterocycles. The van der Waals surface area contributed by atoms with Crippen LogP contribution in [0.25, 0.3) is 0 Å². The van der Waals surface area contributed by atoms with E-state index in [0.717, 1.165) is 18.4 Å². The average molecular weight is 323 g/mol. The van der Waals surface area contributed by atoms with Crippen LogP contribution in [0, 0.1) is 0 Å². The molecule has 0 aliphatic carbocycles. The summed E-state index contributed by atoms with van der Waals surface area (Å²) in [7, 11) is -3.50. The van der Waals surface area contributed by atoms with Gasteiger partial charge in [-0.2, -0.15) is 4.31 Å². The summed E-state index contributed by atoms with van der Waals surface area (Å²) in [5.41, 5.74) is 0.986. The summed E-state index contributed by atoms with van der Waals surface area (Å²) in [6.07, 6.45) is 5.08. The standard InChI is InChI=1S/C15H15ClN2O2S/c16-13-3-5-14(6-4-13)21(19,20)18-11-1-2-15(18)12-7-9-17-10-8-12/h3-10,15H,1-2,11H2/t15-/m0/s1. The molecule has 21 heavy (non-hydrogen) atoms.